The monoisotopic (exact) mass is 1570 g/mol. The largest absolute Gasteiger partial charge is 0.457 e. The first kappa shape index (κ1) is 85.9. The molecule has 110 heavy (non-hydrogen) atoms. The number of epoxide rings is 1. The van der Waals surface area contributed by atoms with Crippen LogP contribution in [0, 0.1) is 18.8 Å². The Morgan fingerprint density at radius 1 is 0.873 bits per heavy atom. The number of nitrogens with zero attached hydrogens (tertiary/aromatic N) is 5. The quantitative estimate of drug-likeness (QED) is 0.00815. The molecular weight excluding hydrogens is 1460 g/mol. The van der Waals surface area contributed by atoms with Crippen molar-refractivity contribution in [2.24, 2.45) is 11.8 Å². The molecule has 0 saturated carbocycles. The molecule has 24 nitrogen and oxygen atoms in total. The molecule has 5 aromatic rings. The van der Waals surface area contributed by atoms with Crippen LogP contribution in [0.25, 0.3) is 22.0 Å². The number of hydrazine groups is 1. The van der Waals surface area contributed by atoms with E-state index in [0.29, 0.717) is 30.2 Å². The van der Waals surface area contributed by atoms with Crippen LogP contribution < -0.4 is 20.9 Å². The van der Waals surface area contributed by atoms with Crippen molar-refractivity contribution in [2.75, 3.05) is 59.9 Å². The van der Waals surface area contributed by atoms with Crippen molar-refractivity contribution < 1.29 is 76.4 Å². The number of carbonyl (C=O) groups excluding carboxylic acids is 8. The molecule has 1 unspecified atom stereocenters. The third-order valence-corrected chi connectivity index (χ3v) is 32.2. The molecule has 3 aliphatic heterocycles. The van der Waals surface area contributed by atoms with Crippen molar-refractivity contribution in [3.05, 3.63) is 148 Å². The summed E-state index contributed by atoms with van der Waals surface area (Å²) in [7, 11) is 1.98. The summed E-state index contributed by atoms with van der Waals surface area (Å²) in [6.07, 6.45) is -1.43. The predicted octanol–water partition coefficient (Wildman–Crippen LogP) is 12.4. The summed E-state index contributed by atoms with van der Waals surface area (Å²) in [5, 5.41) is 23.8. The lowest BCUT2D eigenvalue weighted by Gasteiger charge is -2.43. The summed E-state index contributed by atoms with van der Waals surface area (Å²) in [6.45, 7) is 26.8. The molecule has 1 aromatic heterocycles. The number of benzene rings is 4. The lowest BCUT2D eigenvalue weighted by Crippen LogP contribution is -2.63. The van der Waals surface area contributed by atoms with Gasteiger partial charge < -0.3 is 63.0 Å². The summed E-state index contributed by atoms with van der Waals surface area (Å²) in [5.74, 6) is -4.85. The molecule has 0 spiro atoms. The Hall–Kier alpha value is -8.06. The maximum Gasteiger partial charge on any atom is 0.424 e. The topological polar surface area (TPSA) is 290 Å². The van der Waals surface area contributed by atoms with E-state index >= 15 is 9.59 Å². The number of methoxy groups -OCH3 is 1. The Morgan fingerprint density at radius 2 is 1.52 bits per heavy atom. The number of carbonyl (C=O) groups is 8. The van der Waals surface area contributed by atoms with Gasteiger partial charge >= 0.3 is 18.2 Å². The fourth-order valence-electron chi connectivity index (χ4n) is 14.6. The fourth-order valence-corrected chi connectivity index (χ4v) is 16.8. The summed E-state index contributed by atoms with van der Waals surface area (Å²) in [5.41, 5.74) is 5.96. The molecule has 6 amide bonds. The second-order valence-electron chi connectivity index (χ2n) is 33.3. The van der Waals surface area contributed by atoms with Crippen LogP contribution >= 0.6 is 11.6 Å². The van der Waals surface area contributed by atoms with Gasteiger partial charge in [0.25, 0.3) is 0 Å². The molecular formula is C83H115ClN8O16Si2. The molecule has 1 aliphatic carbocycles. The number of hydrogen-bond donors (Lipinski definition) is 5. The van der Waals surface area contributed by atoms with Gasteiger partial charge in [0.05, 0.1) is 35.7 Å². The van der Waals surface area contributed by atoms with Crippen LogP contribution in [0.3, 0.4) is 0 Å². The number of esters is 1. The van der Waals surface area contributed by atoms with E-state index in [1.807, 2.05) is 141 Å². The fraction of sp³-hybridized carbons (Fsp3) is 0.542. The summed E-state index contributed by atoms with van der Waals surface area (Å²) in [6, 6.07) is 28.8. The van der Waals surface area contributed by atoms with Crippen LogP contribution in [0.2, 0.25) is 41.3 Å². The summed E-state index contributed by atoms with van der Waals surface area (Å²) >= 11 is 6.93. The van der Waals surface area contributed by atoms with Crippen molar-refractivity contribution >= 4 is 92.4 Å². The molecule has 2 saturated heterocycles. The standard InChI is InChI=1S/C83H115ClN8O16Si2/c1-51-28-26-36-68(103-15)83(101)48-67(105-78(99)87-83)53(3)75-82(10,107-75)69(46-72(96)90(13)65-44-55(42-51)43-52(2)73(65)84)106-77(98)54(4)89(12)71(95)37-40-86-76(97)74(108-110(18,19)80(5,6)7)62(47-81(8,9)109(16,17)102)66(93)35-27-39-85-70(94)38-41-92-57(45-56-29-20-25-34-64(56)92)49-88(11)91(14)79(100)104-50-63-60-32-23-21-30-58(60)59-31-22-24-33-61(59)63/h20-26,28-34,36,43-45,53-54,62-63,67-69,74-75,101-102H,27,35,37-42,46-50H2,1-19H3,(H,85,94)(H,86,97)(H,87,99)/b36-26+,51-28+/t53-,54+,62+,67+,68-,69+,74+,75?,82+,83-/m1/s1. The highest BCUT2D eigenvalue weighted by Crippen LogP contribution is 2.51. The van der Waals surface area contributed by atoms with Crippen LogP contribution in [-0.2, 0) is 76.4 Å². The van der Waals surface area contributed by atoms with Crippen molar-refractivity contribution in [3.8, 4) is 11.1 Å². The maximum atomic E-state index is 15.0. The van der Waals surface area contributed by atoms with E-state index in [-0.39, 0.29) is 75.8 Å². The Kier molecular flexibility index (Phi) is 27.3. The molecule has 5 N–H and O–H groups in total. The van der Waals surface area contributed by atoms with Gasteiger partial charge in [-0.1, -0.05) is 150 Å². The van der Waals surface area contributed by atoms with Crippen molar-refractivity contribution in [1.29, 1.82) is 0 Å². The van der Waals surface area contributed by atoms with Gasteiger partial charge in [-0.05, 0) is 140 Å². The average Bonchev–Trinajstić information content (AvgIpc) is 1.57. The number of hydrogen-bond acceptors (Lipinski definition) is 17. The van der Waals surface area contributed by atoms with Gasteiger partial charge in [-0.3, -0.25) is 29.3 Å². The van der Waals surface area contributed by atoms with Crippen molar-refractivity contribution in [2.45, 2.75) is 224 Å². The van der Waals surface area contributed by atoms with Crippen molar-refractivity contribution in [1.82, 2.24) is 35.4 Å². The Labute approximate surface area is 655 Å². The van der Waals surface area contributed by atoms with E-state index < -0.39 is 129 Å². The van der Waals surface area contributed by atoms with Gasteiger partial charge in [-0.25, -0.2) is 24.4 Å². The molecule has 10 atom stereocenters. The summed E-state index contributed by atoms with van der Waals surface area (Å²) < 4.78 is 39.3. The SMILES string of the molecule is CO[C@@H]1/C=C/C=C(\C)Cc2cc(C)c(Cl)c(c2)N(C)C(=O)C[C@H](OC(=O)[C@H](C)N(C)C(=O)CCNC(=O)[C@@H](O[Si](C)(C)C(C)(C)C)[C@@H](CC(C)(C)[Si](C)(C)O)C(=O)CCCNC(=O)CCn2c(CN(C)N(C)C(=O)OCC3c4ccccc4-c4ccccc43)cc3ccccc32)[C@]2(C)OC2[C@H](C)[C@@H]2C[C@]1(O)NC(=O)O2. The number of ether oxygens (including phenoxy) is 5. The van der Waals surface area contributed by atoms with Gasteiger partial charge in [0.15, 0.2) is 22.4 Å². The first-order chi connectivity index (χ1) is 51.5. The van der Waals surface area contributed by atoms with E-state index in [4.69, 9.17) is 39.7 Å². The molecule has 9 rings (SSSR count). The number of halogens is 1. The smallest absolute Gasteiger partial charge is 0.424 e. The van der Waals surface area contributed by atoms with Crippen LogP contribution in [0.1, 0.15) is 141 Å². The Balaban J connectivity index is 0.841. The number of alkyl carbamates (subject to hydrolysis) is 1. The van der Waals surface area contributed by atoms with Crippen LogP contribution in [-0.4, -0.2) is 196 Å². The zero-order valence-electron chi connectivity index (χ0n) is 67.5. The molecule has 4 bridgehead atoms. The van der Waals surface area contributed by atoms with Crippen LogP contribution in [0.5, 0.6) is 0 Å². The highest BCUT2D eigenvalue weighted by molar-refractivity contribution is 6.74. The zero-order valence-corrected chi connectivity index (χ0v) is 70.3. The third kappa shape index (κ3) is 19.7. The molecule has 2 fully saturated rings. The number of aliphatic hydroxyl groups is 1. The van der Waals surface area contributed by atoms with E-state index in [1.165, 1.54) is 35.9 Å². The van der Waals surface area contributed by atoms with Crippen LogP contribution in [0.4, 0.5) is 15.3 Å². The Bertz CT molecular complexity index is 4260. The lowest BCUT2D eigenvalue weighted by atomic mass is 9.83. The number of likely N-dealkylation sites (N-methyl/N-ethyl adjacent to an activating group) is 1. The molecule has 4 heterocycles. The number of allylic oxidation sites excluding steroid dienone is 3. The zero-order chi connectivity index (χ0) is 80.9. The highest BCUT2D eigenvalue weighted by atomic mass is 35.5. The normalized spacial score (nSPS) is 22.7. The number of anilines is 1. The molecule has 27 heteroatoms. The number of para-hydroxylation sites is 1. The minimum atomic E-state index is -3.05. The summed E-state index contributed by atoms with van der Waals surface area (Å²) in [4.78, 5) is 129. The van der Waals surface area contributed by atoms with E-state index in [2.05, 4.69) is 44.8 Å². The van der Waals surface area contributed by atoms with Gasteiger partial charge in [0.1, 0.15) is 48.4 Å². The van der Waals surface area contributed by atoms with Gasteiger partial charge in [-0.2, -0.15) is 0 Å². The third-order valence-electron chi connectivity index (χ3n) is 23.7. The van der Waals surface area contributed by atoms with E-state index in [1.54, 1.807) is 58.2 Å². The minimum Gasteiger partial charge on any atom is -0.457 e. The molecule has 4 aromatic carbocycles. The van der Waals surface area contributed by atoms with Gasteiger partial charge in [-0.15, -0.1) is 0 Å². The van der Waals surface area contributed by atoms with E-state index in [9.17, 15) is 38.7 Å². The number of aryl methyl sites for hydroxylation is 2. The predicted molar refractivity (Wildman–Crippen MR) is 429 cm³/mol. The number of nitrogens with one attached hydrogen (secondary N) is 3. The number of amides is 6. The number of aromatic nitrogens is 1. The van der Waals surface area contributed by atoms with E-state index in [0.717, 1.165) is 55.6 Å². The first-order valence-corrected chi connectivity index (χ1v) is 44.4. The number of ketones is 1. The lowest BCUT2D eigenvalue weighted by molar-refractivity contribution is -0.162. The van der Waals surface area contributed by atoms with Gasteiger partial charge in [0, 0.05) is 104 Å². The second-order valence-corrected chi connectivity index (χ2v) is 42.9. The van der Waals surface area contributed by atoms with Crippen LogP contribution in [0.15, 0.2) is 115 Å². The minimum absolute atomic E-state index is 0.0339. The first-order valence-electron chi connectivity index (χ1n) is 38.1. The molecule has 0 radical (unpaired) electrons. The average molecular weight is 1570 g/mol. The number of fused-ring (bicyclic) bond motifs is 9. The number of Topliss-reactive ketones (excluding diaryl/α,β-unsaturated/α-hetero) is 1. The molecule has 4 aliphatic rings. The second kappa shape index (κ2) is 34.9. The Morgan fingerprint density at radius 3 is 2.16 bits per heavy atom. The van der Waals surface area contributed by atoms with Crippen molar-refractivity contribution in [3.63, 3.8) is 0 Å². The molecule has 598 valence electrons. The maximum absolute atomic E-state index is 15.0. The highest BCUT2D eigenvalue weighted by Gasteiger charge is 2.65. The van der Waals surface area contributed by atoms with Gasteiger partial charge in [0.2, 0.25) is 23.6 Å². The number of rotatable bonds is 27.